The molecule has 0 radical (unpaired) electrons. The van der Waals surface area contributed by atoms with Crippen LogP contribution < -0.4 is 5.32 Å². The third-order valence-electron chi connectivity index (χ3n) is 4.78. The summed E-state index contributed by atoms with van der Waals surface area (Å²) in [6, 6.07) is 11.7. The lowest BCUT2D eigenvalue weighted by Gasteiger charge is -2.23. The zero-order chi connectivity index (χ0) is 16.4. The molecule has 0 saturated carbocycles. The molecule has 24 heavy (non-hydrogen) atoms. The van der Waals surface area contributed by atoms with Crippen LogP contribution in [0.1, 0.15) is 24.3 Å². The molecule has 0 aliphatic carbocycles. The molecule has 2 fully saturated rings. The van der Waals surface area contributed by atoms with Gasteiger partial charge in [-0.15, -0.1) is 0 Å². The first kappa shape index (κ1) is 15.2. The van der Waals surface area contributed by atoms with E-state index in [1.807, 2.05) is 24.3 Å². The van der Waals surface area contributed by atoms with Crippen LogP contribution in [0.15, 0.2) is 41.0 Å². The van der Waals surface area contributed by atoms with E-state index in [0.29, 0.717) is 12.3 Å². The third kappa shape index (κ3) is 3.14. The first-order valence-corrected chi connectivity index (χ1v) is 8.27. The summed E-state index contributed by atoms with van der Waals surface area (Å²) in [6.45, 7) is 3.46. The highest BCUT2D eigenvalue weighted by Gasteiger charge is 2.45. The van der Waals surface area contributed by atoms with E-state index in [2.05, 4.69) is 21.3 Å². The van der Waals surface area contributed by atoms with Gasteiger partial charge in [0.25, 0.3) is 0 Å². The number of nitriles is 1. The van der Waals surface area contributed by atoms with Crippen molar-refractivity contribution in [3.8, 4) is 6.07 Å². The molecule has 1 spiro atoms. The molecule has 0 unspecified atom stereocenters. The number of aromatic nitrogens is 1. The highest BCUT2D eigenvalue weighted by atomic mass is 16.5. The molecule has 6 nitrogen and oxygen atoms in total. The Hall–Kier alpha value is -2.36. The molecule has 6 heteroatoms. The van der Waals surface area contributed by atoms with Crippen molar-refractivity contribution in [1.29, 1.82) is 5.26 Å². The summed E-state index contributed by atoms with van der Waals surface area (Å²) >= 11 is 0. The number of rotatable bonds is 4. The Morgan fingerprint density at radius 1 is 1.38 bits per heavy atom. The predicted molar refractivity (Wildman–Crippen MR) is 88.3 cm³/mol. The molecule has 0 bridgehead atoms. The van der Waals surface area contributed by atoms with Gasteiger partial charge in [-0.2, -0.15) is 5.26 Å². The minimum Gasteiger partial charge on any atom is -0.468 e. The topological polar surface area (TPSA) is 74.3 Å². The first-order valence-electron chi connectivity index (χ1n) is 8.27. The number of anilines is 1. The smallest absolute Gasteiger partial charge is 0.142 e. The second-order valence-corrected chi connectivity index (χ2v) is 6.60. The Morgan fingerprint density at radius 2 is 2.33 bits per heavy atom. The van der Waals surface area contributed by atoms with Crippen LogP contribution in [0.25, 0.3) is 0 Å². The lowest BCUT2D eigenvalue weighted by Crippen LogP contribution is -2.33. The van der Waals surface area contributed by atoms with Crippen molar-refractivity contribution >= 4 is 5.82 Å². The second-order valence-electron chi connectivity index (χ2n) is 6.60. The number of ether oxygens (including phenoxy) is 1. The average Bonchev–Trinajstić information content (AvgIpc) is 3.32. The lowest BCUT2D eigenvalue weighted by molar-refractivity contribution is 0.0115. The minimum atomic E-state index is -0.0723. The van der Waals surface area contributed by atoms with E-state index in [4.69, 9.17) is 14.4 Å². The fourth-order valence-electron chi connectivity index (χ4n) is 3.69. The van der Waals surface area contributed by atoms with Gasteiger partial charge in [0, 0.05) is 19.5 Å². The molecule has 0 amide bonds. The van der Waals surface area contributed by atoms with Crippen LogP contribution in [0.3, 0.4) is 0 Å². The summed E-state index contributed by atoms with van der Waals surface area (Å²) in [4.78, 5) is 6.67. The summed E-state index contributed by atoms with van der Waals surface area (Å²) < 4.78 is 11.6. The quantitative estimate of drug-likeness (QED) is 0.931. The van der Waals surface area contributed by atoms with E-state index >= 15 is 0 Å². The van der Waals surface area contributed by atoms with Gasteiger partial charge in [0.2, 0.25) is 0 Å². The monoisotopic (exact) mass is 324 g/mol. The summed E-state index contributed by atoms with van der Waals surface area (Å²) in [5.74, 6) is 1.74. The molecule has 0 aromatic carbocycles. The second kappa shape index (κ2) is 6.27. The number of likely N-dealkylation sites (tertiary alicyclic amines) is 1. The zero-order valence-corrected chi connectivity index (χ0v) is 13.4. The molecule has 2 aromatic heterocycles. The molecule has 2 saturated heterocycles. The Balaban J connectivity index is 1.35. The highest BCUT2D eigenvalue weighted by molar-refractivity contribution is 5.39. The van der Waals surface area contributed by atoms with Gasteiger partial charge in [0.1, 0.15) is 23.3 Å². The Kier molecular flexibility index (Phi) is 3.97. The van der Waals surface area contributed by atoms with Crippen molar-refractivity contribution in [3.63, 3.8) is 0 Å². The van der Waals surface area contributed by atoms with Gasteiger partial charge in [-0.25, -0.2) is 4.98 Å². The van der Waals surface area contributed by atoms with Crippen LogP contribution in [0, 0.1) is 11.3 Å². The number of nitrogens with one attached hydrogen (secondary N) is 1. The van der Waals surface area contributed by atoms with Crippen molar-refractivity contribution in [1.82, 2.24) is 9.88 Å². The Bertz CT molecular complexity index is 740. The van der Waals surface area contributed by atoms with Crippen molar-refractivity contribution in [2.75, 3.05) is 25.0 Å². The number of pyridine rings is 1. The van der Waals surface area contributed by atoms with Crippen molar-refractivity contribution < 1.29 is 9.15 Å². The van der Waals surface area contributed by atoms with Gasteiger partial charge in [0.05, 0.1) is 31.1 Å². The molecule has 1 N–H and O–H groups in total. The van der Waals surface area contributed by atoms with Gasteiger partial charge in [-0.05, 0) is 30.7 Å². The van der Waals surface area contributed by atoms with Crippen molar-refractivity contribution in [2.24, 2.45) is 0 Å². The first-order chi connectivity index (χ1) is 11.7. The molecule has 2 aliphatic rings. The molecule has 2 aromatic rings. The number of furan rings is 1. The maximum atomic E-state index is 8.95. The Morgan fingerprint density at radius 3 is 3.17 bits per heavy atom. The van der Waals surface area contributed by atoms with Gasteiger partial charge in [-0.1, -0.05) is 6.07 Å². The van der Waals surface area contributed by atoms with Crippen molar-refractivity contribution in [2.45, 2.75) is 31.0 Å². The maximum Gasteiger partial charge on any atom is 0.142 e. The number of nitrogens with zero attached hydrogens (tertiary/aromatic N) is 3. The molecular weight excluding hydrogens is 304 g/mol. The summed E-state index contributed by atoms with van der Waals surface area (Å²) in [5.41, 5.74) is 0.357. The van der Waals surface area contributed by atoms with Crippen LogP contribution in [-0.4, -0.2) is 41.2 Å². The van der Waals surface area contributed by atoms with E-state index < -0.39 is 0 Å². The van der Waals surface area contributed by atoms with Gasteiger partial charge < -0.3 is 14.5 Å². The van der Waals surface area contributed by atoms with E-state index in [9.17, 15) is 0 Å². The molecule has 4 heterocycles. The third-order valence-corrected chi connectivity index (χ3v) is 4.78. The minimum absolute atomic E-state index is 0.0723. The largest absolute Gasteiger partial charge is 0.468 e. The standard InChI is InChI=1S/C18H20N4O2/c19-10-14-3-1-5-17(20-14)21-15-9-18(24-12-15)6-7-22(13-18)11-16-4-2-8-23-16/h1-5,8,15H,6-7,9,11-13H2,(H,20,21)/t15-,18-/m0/s1. The van der Waals surface area contributed by atoms with E-state index in [0.717, 1.165) is 44.1 Å². The van der Waals surface area contributed by atoms with E-state index in [1.54, 1.807) is 12.3 Å². The van der Waals surface area contributed by atoms with Crippen LogP contribution in [0.2, 0.25) is 0 Å². The van der Waals surface area contributed by atoms with E-state index in [1.165, 1.54) is 0 Å². The highest BCUT2D eigenvalue weighted by Crippen LogP contribution is 2.36. The molecular formula is C18H20N4O2. The van der Waals surface area contributed by atoms with Gasteiger partial charge in [0.15, 0.2) is 0 Å². The normalized spacial score (nSPS) is 26.7. The predicted octanol–water partition coefficient (Wildman–Crippen LogP) is 2.39. The molecule has 2 aliphatic heterocycles. The summed E-state index contributed by atoms with van der Waals surface area (Å²) in [7, 11) is 0. The summed E-state index contributed by atoms with van der Waals surface area (Å²) in [6.07, 6.45) is 3.72. The van der Waals surface area contributed by atoms with Crippen LogP contribution >= 0.6 is 0 Å². The summed E-state index contributed by atoms with van der Waals surface area (Å²) in [5, 5.41) is 12.3. The fraction of sp³-hybridized carbons (Fsp3) is 0.444. The SMILES string of the molecule is N#Cc1cccc(N[C@@H]2CO[C@@]3(CCN(Cc4ccco4)C3)C2)n1. The Labute approximate surface area is 141 Å². The van der Waals surface area contributed by atoms with Gasteiger partial charge >= 0.3 is 0 Å². The molecule has 4 rings (SSSR count). The lowest BCUT2D eigenvalue weighted by atomic mass is 9.97. The molecule has 124 valence electrons. The fourth-order valence-corrected chi connectivity index (χ4v) is 3.69. The van der Waals surface area contributed by atoms with Crippen LogP contribution in [-0.2, 0) is 11.3 Å². The van der Waals surface area contributed by atoms with E-state index in [-0.39, 0.29) is 11.6 Å². The maximum absolute atomic E-state index is 8.95. The molecule has 2 atom stereocenters. The van der Waals surface area contributed by atoms with Crippen LogP contribution in [0.4, 0.5) is 5.82 Å². The number of hydrogen-bond donors (Lipinski definition) is 1. The number of hydrogen-bond acceptors (Lipinski definition) is 6. The van der Waals surface area contributed by atoms with Crippen molar-refractivity contribution in [3.05, 3.63) is 48.0 Å². The van der Waals surface area contributed by atoms with Crippen LogP contribution in [0.5, 0.6) is 0 Å². The zero-order valence-electron chi connectivity index (χ0n) is 13.4. The van der Waals surface area contributed by atoms with Gasteiger partial charge in [-0.3, -0.25) is 4.90 Å². The average molecular weight is 324 g/mol.